The number of rotatable bonds is 4. The molecular weight excluding hydrogens is 755 g/mol. The predicted octanol–water partition coefficient (Wildman–Crippen LogP) is 14.4. The standard InChI is InChI=1S/C58H35N3O/c1-2-18-36(19-3-1)37-20-4-7-25-42(37)55-59-56(61-57(60-55)46-29-17-35-52-54(46)44-27-11-15-34-51(44)62-52)45-28-16-33-50-53(45)43-26-10-14-32-49(43)58(50)47-30-12-8-23-40(47)38-21-5-6-22-39(38)41-24-9-13-31-48(41)58/h1-35H. The van der Waals surface area contributed by atoms with Crippen LogP contribution in [0.15, 0.2) is 217 Å². The van der Waals surface area contributed by atoms with Crippen LogP contribution in [-0.2, 0) is 5.41 Å². The lowest BCUT2D eigenvalue weighted by Gasteiger charge is -2.35. The molecule has 2 aliphatic carbocycles. The van der Waals surface area contributed by atoms with Gasteiger partial charge in [-0.1, -0.05) is 200 Å². The van der Waals surface area contributed by atoms with E-state index in [0.29, 0.717) is 17.5 Å². The second-order valence-electron chi connectivity index (χ2n) is 16.2. The van der Waals surface area contributed by atoms with Gasteiger partial charge in [0, 0.05) is 27.5 Å². The fourth-order valence-electron chi connectivity index (χ4n) is 10.5. The van der Waals surface area contributed by atoms with Crippen LogP contribution >= 0.6 is 0 Å². The maximum Gasteiger partial charge on any atom is 0.164 e. The fourth-order valence-corrected chi connectivity index (χ4v) is 10.5. The highest BCUT2D eigenvalue weighted by atomic mass is 16.3. The zero-order chi connectivity index (χ0) is 40.8. The fraction of sp³-hybridized carbons (Fsp3) is 0.0172. The minimum absolute atomic E-state index is 0.587. The van der Waals surface area contributed by atoms with Gasteiger partial charge in [-0.2, -0.15) is 0 Å². The molecule has 288 valence electrons. The van der Waals surface area contributed by atoms with Crippen molar-refractivity contribution in [3.63, 3.8) is 0 Å². The molecule has 1 spiro atoms. The molecule has 13 rings (SSSR count). The van der Waals surface area contributed by atoms with Gasteiger partial charge in [-0.15, -0.1) is 0 Å². The van der Waals surface area contributed by atoms with Crippen LogP contribution in [0.5, 0.6) is 0 Å². The normalized spacial score (nSPS) is 13.0. The molecule has 0 bridgehead atoms. The Hall–Kier alpha value is -8.21. The lowest BCUT2D eigenvalue weighted by Crippen LogP contribution is -2.29. The average Bonchev–Trinajstić information content (AvgIpc) is 3.85. The van der Waals surface area contributed by atoms with E-state index < -0.39 is 5.41 Å². The van der Waals surface area contributed by atoms with Crippen LogP contribution in [0.4, 0.5) is 0 Å². The summed E-state index contributed by atoms with van der Waals surface area (Å²) >= 11 is 0. The lowest BCUT2D eigenvalue weighted by molar-refractivity contribution is 0.669. The monoisotopic (exact) mass is 789 g/mol. The third-order valence-electron chi connectivity index (χ3n) is 13.0. The molecule has 2 heterocycles. The predicted molar refractivity (Wildman–Crippen MR) is 251 cm³/mol. The van der Waals surface area contributed by atoms with Crippen molar-refractivity contribution in [2.24, 2.45) is 0 Å². The zero-order valence-electron chi connectivity index (χ0n) is 33.5. The van der Waals surface area contributed by atoms with Crippen LogP contribution in [0, 0.1) is 0 Å². The van der Waals surface area contributed by atoms with Gasteiger partial charge in [-0.25, -0.2) is 15.0 Å². The average molecular weight is 790 g/mol. The van der Waals surface area contributed by atoms with Gasteiger partial charge in [0.1, 0.15) is 11.2 Å². The number of benzene rings is 9. The number of nitrogens with zero attached hydrogens (tertiary/aromatic N) is 3. The van der Waals surface area contributed by atoms with Crippen molar-refractivity contribution in [1.82, 2.24) is 15.0 Å². The first-order valence-corrected chi connectivity index (χ1v) is 21.1. The summed E-state index contributed by atoms with van der Waals surface area (Å²) < 4.78 is 6.40. The van der Waals surface area contributed by atoms with E-state index in [2.05, 4.69) is 182 Å². The summed E-state index contributed by atoms with van der Waals surface area (Å²) in [4.78, 5) is 16.4. The van der Waals surface area contributed by atoms with Gasteiger partial charge in [-0.3, -0.25) is 0 Å². The number of furan rings is 1. The minimum atomic E-state index is -0.631. The quantitative estimate of drug-likeness (QED) is 0.178. The summed E-state index contributed by atoms with van der Waals surface area (Å²) in [6, 6.07) is 75.7. The third kappa shape index (κ3) is 4.86. The van der Waals surface area contributed by atoms with Gasteiger partial charge in [0.2, 0.25) is 0 Å². The van der Waals surface area contributed by atoms with E-state index in [-0.39, 0.29) is 0 Å². The molecule has 0 saturated carbocycles. The summed E-state index contributed by atoms with van der Waals surface area (Å²) in [6.07, 6.45) is 0. The molecule has 0 N–H and O–H groups in total. The summed E-state index contributed by atoms with van der Waals surface area (Å²) in [6.45, 7) is 0. The van der Waals surface area contributed by atoms with Crippen molar-refractivity contribution in [2.45, 2.75) is 5.41 Å². The molecule has 0 radical (unpaired) electrons. The molecule has 4 heteroatoms. The van der Waals surface area contributed by atoms with E-state index in [9.17, 15) is 0 Å². The molecule has 0 saturated heterocycles. The third-order valence-corrected chi connectivity index (χ3v) is 13.0. The molecule has 11 aromatic rings. The van der Waals surface area contributed by atoms with E-state index >= 15 is 0 Å². The van der Waals surface area contributed by atoms with Crippen molar-refractivity contribution in [3.05, 3.63) is 235 Å². The topological polar surface area (TPSA) is 51.8 Å². The molecule has 2 aliphatic rings. The van der Waals surface area contributed by atoms with Gasteiger partial charge >= 0.3 is 0 Å². The van der Waals surface area contributed by atoms with E-state index in [4.69, 9.17) is 19.4 Å². The number of fused-ring (bicyclic) bond motifs is 15. The maximum absolute atomic E-state index is 6.40. The van der Waals surface area contributed by atoms with Gasteiger partial charge in [0.15, 0.2) is 17.5 Å². The summed E-state index contributed by atoms with van der Waals surface area (Å²) in [5, 5.41) is 2.01. The molecule has 0 fully saturated rings. The molecule has 4 nitrogen and oxygen atoms in total. The van der Waals surface area contributed by atoms with E-state index in [1.807, 2.05) is 30.3 Å². The Morgan fingerprint density at radius 1 is 0.290 bits per heavy atom. The van der Waals surface area contributed by atoms with Crippen LogP contribution < -0.4 is 0 Å². The van der Waals surface area contributed by atoms with Crippen molar-refractivity contribution in [2.75, 3.05) is 0 Å². The zero-order valence-corrected chi connectivity index (χ0v) is 33.5. The van der Waals surface area contributed by atoms with Crippen molar-refractivity contribution in [1.29, 1.82) is 0 Å². The Labute approximate surface area is 358 Å². The van der Waals surface area contributed by atoms with Crippen LogP contribution in [0.2, 0.25) is 0 Å². The highest BCUT2D eigenvalue weighted by molar-refractivity contribution is 6.12. The van der Waals surface area contributed by atoms with Crippen LogP contribution in [-0.4, -0.2) is 15.0 Å². The van der Waals surface area contributed by atoms with Gasteiger partial charge in [0.25, 0.3) is 0 Å². The molecule has 0 atom stereocenters. The Morgan fingerprint density at radius 2 is 0.726 bits per heavy atom. The highest BCUT2D eigenvalue weighted by Gasteiger charge is 2.50. The smallest absolute Gasteiger partial charge is 0.164 e. The first kappa shape index (κ1) is 34.6. The summed E-state index contributed by atoms with van der Waals surface area (Å²) in [7, 11) is 0. The Morgan fingerprint density at radius 3 is 1.42 bits per heavy atom. The minimum Gasteiger partial charge on any atom is -0.456 e. The van der Waals surface area contributed by atoms with Crippen LogP contribution in [0.3, 0.4) is 0 Å². The maximum atomic E-state index is 6.40. The second kappa shape index (κ2) is 13.4. The lowest BCUT2D eigenvalue weighted by atomic mass is 9.66. The molecule has 62 heavy (non-hydrogen) atoms. The van der Waals surface area contributed by atoms with Gasteiger partial charge in [-0.05, 0) is 78.9 Å². The second-order valence-corrected chi connectivity index (χ2v) is 16.2. The largest absolute Gasteiger partial charge is 0.456 e. The highest BCUT2D eigenvalue weighted by Crippen LogP contribution is 2.62. The van der Waals surface area contributed by atoms with E-state index in [1.54, 1.807) is 0 Å². The molecular formula is C58H35N3O. The van der Waals surface area contributed by atoms with E-state index in [1.165, 1.54) is 50.1 Å². The molecule has 2 aromatic heterocycles. The number of para-hydroxylation sites is 1. The number of aromatic nitrogens is 3. The SMILES string of the molecule is c1ccc(-c2ccccc2-c2nc(-c3cccc4c3-c3ccccc3C43c4ccccc4-c4ccccc4-c4ccccc43)nc(-c3cccc4oc5ccccc5c34)n2)cc1. The van der Waals surface area contributed by atoms with Crippen molar-refractivity contribution in [3.8, 4) is 78.7 Å². The van der Waals surface area contributed by atoms with Crippen LogP contribution in [0.25, 0.3) is 101 Å². The number of hydrogen-bond donors (Lipinski definition) is 0. The summed E-state index contributed by atoms with van der Waals surface area (Å²) in [5.41, 5.74) is 18.1. The van der Waals surface area contributed by atoms with Crippen molar-refractivity contribution >= 4 is 21.9 Å². The van der Waals surface area contributed by atoms with Crippen molar-refractivity contribution < 1.29 is 4.42 Å². The Kier molecular flexibility index (Phi) is 7.49. The molecule has 9 aromatic carbocycles. The Bertz CT molecular complexity index is 3540. The molecule has 0 unspecified atom stereocenters. The van der Waals surface area contributed by atoms with Gasteiger partial charge < -0.3 is 4.42 Å². The summed E-state index contributed by atoms with van der Waals surface area (Å²) in [5.74, 6) is 1.80. The first-order chi connectivity index (χ1) is 30.8. The van der Waals surface area contributed by atoms with Crippen LogP contribution in [0.1, 0.15) is 22.3 Å². The Balaban J connectivity index is 1.13. The molecule has 0 amide bonds. The number of hydrogen-bond acceptors (Lipinski definition) is 4. The molecule has 0 aliphatic heterocycles. The van der Waals surface area contributed by atoms with Gasteiger partial charge in [0.05, 0.1) is 5.41 Å². The van der Waals surface area contributed by atoms with E-state index in [0.717, 1.165) is 55.3 Å². The first-order valence-electron chi connectivity index (χ1n) is 21.1.